The van der Waals surface area contributed by atoms with Gasteiger partial charge in [-0.25, -0.2) is 0 Å². The molecule has 1 aliphatic heterocycles. The number of benzene rings is 1. The SMILES string of the molecule is NC(=S)C1CCCN(Cc2ccccc2Br)C1. The number of hydrogen-bond donors (Lipinski definition) is 1. The van der Waals surface area contributed by atoms with Gasteiger partial charge in [0.2, 0.25) is 0 Å². The molecule has 2 rings (SSSR count). The van der Waals surface area contributed by atoms with E-state index >= 15 is 0 Å². The number of nitrogens with two attached hydrogens (primary N) is 1. The summed E-state index contributed by atoms with van der Waals surface area (Å²) in [6, 6.07) is 8.37. The first-order valence-electron chi connectivity index (χ1n) is 5.92. The second kappa shape index (κ2) is 5.94. The summed E-state index contributed by atoms with van der Waals surface area (Å²) in [6.07, 6.45) is 2.33. The van der Waals surface area contributed by atoms with Crippen molar-refractivity contribution in [1.29, 1.82) is 0 Å². The average molecular weight is 313 g/mol. The number of hydrogen-bond acceptors (Lipinski definition) is 2. The summed E-state index contributed by atoms with van der Waals surface area (Å²) in [6.45, 7) is 3.11. The van der Waals surface area contributed by atoms with E-state index in [9.17, 15) is 0 Å². The number of rotatable bonds is 3. The van der Waals surface area contributed by atoms with Crippen LogP contribution >= 0.6 is 28.1 Å². The Kier molecular flexibility index (Phi) is 4.54. The number of likely N-dealkylation sites (tertiary alicyclic amines) is 1. The van der Waals surface area contributed by atoms with Crippen molar-refractivity contribution in [2.45, 2.75) is 19.4 Å². The van der Waals surface area contributed by atoms with Gasteiger partial charge in [0.15, 0.2) is 0 Å². The van der Waals surface area contributed by atoms with E-state index in [0.29, 0.717) is 10.9 Å². The predicted molar refractivity (Wildman–Crippen MR) is 78.9 cm³/mol. The molecule has 0 spiro atoms. The van der Waals surface area contributed by atoms with Crippen LogP contribution in [0, 0.1) is 5.92 Å². The van der Waals surface area contributed by atoms with E-state index in [2.05, 4.69) is 39.0 Å². The van der Waals surface area contributed by atoms with Crippen LogP contribution in [0.15, 0.2) is 28.7 Å². The molecule has 0 bridgehead atoms. The van der Waals surface area contributed by atoms with E-state index < -0.39 is 0 Å². The fourth-order valence-electron chi connectivity index (χ4n) is 2.30. The molecule has 0 amide bonds. The van der Waals surface area contributed by atoms with Gasteiger partial charge in [-0.1, -0.05) is 46.3 Å². The molecule has 0 aromatic heterocycles. The third-order valence-electron chi connectivity index (χ3n) is 3.26. The van der Waals surface area contributed by atoms with Crippen LogP contribution in [0.5, 0.6) is 0 Å². The molecule has 1 aromatic carbocycles. The van der Waals surface area contributed by atoms with Crippen molar-refractivity contribution in [3.63, 3.8) is 0 Å². The molecule has 0 radical (unpaired) electrons. The highest BCUT2D eigenvalue weighted by molar-refractivity contribution is 9.10. The Morgan fingerprint density at radius 3 is 2.94 bits per heavy atom. The van der Waals surface area contributed by atoms with Crippen LogP contribution in [0.3, 0.4) is 0 Å². The molecule has 0 aliphatic carbocycles. The predicted octanol–water partition coefficient (Wildman–Crippen LogP) is 2.95. The highest BCUT2D eigenvalue weighted by Gasteiger charge is 2.21. The lowest BCUT2D eigenvalue weighted by atomic mass is 9.98. The van der Waals surface area contributed by atoms with Gasteiger partial charge >= 0.3 is 0 Å². The van der Waals surface area contributed by atoms with Crippen LogP contribution in [0.1, 0.15) is 18.4 Å². The fraction of sp³-hybridized carbons (Fsp3) is 0.462. The van der Waals surface area contributed by atoms with E-state index in [1.807, 2.05) is 6.07 Å². The van der Waals surface area contributed by atoms with Gasteiger partial charge in [0, 0.05) is 23.5 Å². The molecule has 1 aromatic rings. The van der Waals surface area contributed by atoms with E-state index in [-0.39, 0.29) is 0 Å². The van der Waals surface area contributed by atoms with Crippen molar-refractivity contribution in [3.05, 3.63) is 34.3 Å². The quantitative estimate of drug-likeness (QED) is 0.870. The van der Waals surface area contributed by atoms with Crippen molar-refractivity contribution >= 4 is 33.1 Å². The molecule has 1 fully saturated rings. The Morgan fingerprint density at radius 2 is 2.24 bits per heavy atom. The smallest absolute Gasteiger partial charge is 0.0771 e. The van der Waals surface area contributed by atoms with Crippen molar-refractivity contribution < 1.29 is 0 Å². The van der Waals surface area contributed by atoms with Crippen LogP contribution in [-0.4, -0.2) is 23.0 Å². The summed E-state index contributed by atoms with van der Waals surface area (Å²) in [7, 11) is 0. The monoisotopic (exact) mass is 312 g/mol. The number of piperidine rings is 1. The molecule has 1 heterocycles. The summed E-state index contributed by atoms with van der Waals surface area (Å²) in [5.41, 5.74) is 7.08. The molecule has 1 unspecified atom stereocenters. The highest BCUT2D eigenvalue weighted by atomic mass is 79.9. The third-order valence-corrected chi connectivity index (χ3v) is 4.37. The molecule has 92 valence electrons. The van der Waals surface area contributed by atoms with E-state index in [4.69, 9.17) is 18.0 Å². The van der Waals surface area contributed by atoms with Crippen LogP contribution < -0.4 is 5.73 Å². The molecular formula is C13H17BrN2S. The Bertz CT molecular complexity index is 408. The zero-order chi connectivity index (χ0) is 12.3. The normalized spacial score (nSPS) is 21.4. The largest absolute Gasteiger partial charge is 0.393 e. The van der Waals surface area contributed by atoms with Gasteiger partial charge in [-0.05, 0) is 31.0 Å². The number of thiocarbonyl (C=S) groups is 1. The third kappa shape index (κ3) is 3.50. The van der Waals surface area contributed by atoms with Crippen molar-refractivity contribution in [3.8, 4) is 0 Å². The van der Waals surface area contributed by atoms with Crippen molar-refractivity contribution in [1.82, 2.24) is 4.90 Å². The molecule has 2 nitrogen and oxygen atoms in total. The van der Waals surface area contributed by atoms with Crippen LogP contribution in [0.25, 0.3) is 0 Å². The van der Waals surface area contributed by atoms with Crippen molar-refractivity contribution in [2.75, 3.05) is 13.1 Å². The summed E-state index contributed by atoms with van der Waals surface area (Å²) in [5, 5.41) is 0. The van der Waals surface area contributed by atoms with E-state index in [0.717, 1.165) is 26.1 Å². The second-order valence-corrected chi connectivity index (χ2v) is 5.89. The molecule has 4 heteroatoms. The molecule has 0 saturated carbocycles. The zero-order valence-electron chi connectivity index (χ0n) is 9.73. The summed E-state index contributed by atoms with van der Waals surface area (Å²) >= 11 is 8.69. The zero-order valence-corrected chi connectivity index (χ0v) is 12.1. The van der Waals surface area contributed by atoms with Gasteiger partial charge in [0.1, 0.15) is 0 Å². The van der Waals surface area contributed by atoms with Gasteiger partial charge in [0.05, 0.1) is 4.99 Å². The minimum atomic E-state index is 0.390. The fourth-order valence-corrected chi connectivity index (χ4v) is 2.90. The lowest BCUT2D eigenvalue weighted by Gasteiger charge is -2.32. The first-order chi connectivity index (χ1) is 8.16. The van der Waals surface area contributed by atoms with Gasteiger partial charge in [-0.3, -0.25) is 4.90 Å². The maximum absolute atomic E-state index is 5.75. The lowest BCUT2D eigenvalue weighted by molar-refractivity contribution is 0.197. The first kappa shape index (κ1) is 13.0. The Balaban J connectivity index is 1.99. The van der Waals surface area contributed by atoms with E-state index in [1.54, 1.807) is 0 Å². The summed E-state index contributed by atoms with van der Waals surface area (Å²) in [5.74, 6) is 0.390. The summed E-state index contributed by atoms with van der Waals surface area (Å²) < 4.78 is 1.18. The molecule has 1 aliphatic rings. The number of halogens is 1. The minimum absolute atomic E-state index is 0.390. The Labute approximate surface area is 116 Å². The molecule has 2 N–H and O–H groups in total. The first-order valence-corrected chi connectivity index (χ1v) is 7.12. The highest BCUT2D eigenvalue weighted by Crippen LogP contribution is 2.22. The van der Waals surface area contributed by atoms with E-state index in [1.165, 1.54) is 16.5 Å². The molecular weight excluding hydrogens is 296 g/mol. The van der Waals surface area contributed by atoms with Gasteiger partial charge in [-0.15, -0.1) is 0 Å². The van der Waals surface area contributed by atoms with Gasteiger partial charge in [-0.2, -0.15) is 0 Å². The van der Waals surface area contributed by atoms with Crippen LogP contribution in [0.2, 0.25) is 0 Å². The Hall–Kier alpha value is -0.450. The topological polar surface area (TPSA) is 29.3 Å². The molecule has 1 atom stereocenters. The molecule has 1 saturated heterocycles. The Morgan fingerprint density at radius 1 is 1.47 bits per heavy atom. The minimum Gasteiger partial charge on any atom is -0.393 e. The molecule has 17 heavy (non-hydrogen) atoms. The second-order valence-electron chi connectivity index (χ2n) is 4.57. The lowest BCUT2D eigenvalue weighted by Crippen LogP contribution is -2.40. The maximum atomic E-state index is 5.75. The number of nitrogens with zero attached hydrogens (tertiary/aromatic N) is 1. The van der Waals surface area contributed by atoms with Gasteiger partial charge in [0.25, 0.3) is 0 Å². The van der Waals surface area contributed by atoms with Gasteiger partial charge < -0.3 is 5.73 Å². The average Bonchev–Trinajstić information content (AvgIpc) is 2.32. The van der Waals surface area contributed by atoms with Crippen LogP contribution in [0.4, 0.5) is 0 Å². The van der Waals surface area contributed by atoms with Crippen molar-refractivity contribution in [2.24, 2.45) is 11.7 Å². The summed E-state index contributed by atoms with van der Waals surface area (Å²) in [4.78, 5) is 3.11. The standard InChI is InChI=1S/C13H17BrN2S/c14-12-6-2-1-4-10(12)8-16-7-3-5-11(9-16)13(15)17/h1-2,4,6,11H,3,5,7-9H2,(H2,15,17). The maximum Gasteiger partial charge on any atom is 0.0771 e. The van der Waals surface area contributed by atoms with Crippen LogP contribution in [-0.2, 0) is 6.54 Å².